The molecule has 0 saturated heterocycles. The highest BCUT2D eigenvalue weighted by atomic mass is 16.3. The van der Waals surface area contributed by atoms with Crippen LogP contribution < -0.4 is 0 Å². The van der Waals surface area contributed by atoms with E-state index < -0.39 is 0 Å². The van der Waals surface area contributed by atoms with Gasteiger partial charge in [0.1, 0.15) is 0 Å². The number of hydrogen-bond donors (Lipinski definition) is 1. The summed E-state index contributed by atoms with van der Waals surface area (Å²) in [7, 11) is 0. The average molecular weight is 261 g/mol. The van der Waals surface area contributed by atoms with E-state index >= 15 is 0 Å². The summed E-state index contributed by atoms with van der Waals surface area (Å²) in [4.78, 5) is 2.54. The Labute approximate surface area is 117 Å². The van der Waals surface area contributed by atoms with Gasteiger partial charge in [0.05, 0.1) is 6.10 Å². The van der Waals surface area contributed by atoms with E-state index in [1.807, 2.05) is 30.3 Å². The molecule has 1 N–H and O–H groups in total. The van der Waals surface area contributed by atoms with Crippen LogP contribution >= 0.6 is 0 Å². The van der Waals surface area contributed by atoms with Gasteiger partial charge in [-0.1, -0.05) is 44.2 Å². The van der Waals surface area contributed by atoms with E-state index in [2.05, 4.69) is 18.7 Å². The molecule has 106 valence electrons. The van der Waals surface area contributed by atoms with Crippen molar-refractivity contribution >= 4 is 0 Å². The average Bonchev–Trinajstić information content (AvgIpc) is 3.23. The molecule has 1 saturated carbocycles. The van der Waals surface area contributed by atoms with Crippen LogP contribution in [0.15, 0.2) is 30.3 Å². The summed E-state index contributed by atoms with van der Waals surface area (Å²) in [5, 5.41) is 10.4. The Morgan fingerprint density at radius 2 is 1.95 bits per heavy atom. The molecule has 0 spiro atoms. The van der Waals surface area contributed by atoms with Gasteiger partial charge in [0, 0.05) is 13.1 Å². The van der Waals surface area contributed by atoms with E-state index in [1.54, 1.807) is 0 Å². The minimum atomic E-state index is -0.347. The van der Waals surface area contributed by atoms with Crippen LogP contribution in [0.1, 0.15) is 44.8 Å². The predicted molar refractivity (Wildman–Crippen MR) is 80.0 cm³/mol. The first-order valence-corrected chi connectivity index (χ1v) is 7.66. The lowest BCUT2D eigenvalue weighted by molar-refractivity contribution is 0.0865. The Balaban J connectivity index is 1.88. The van der Waals surface area contributed by atoms with Crippen molar-refractivity contribution in [2.24, 2.45) is 11.8 Å². The van der Waals surface area contributed by atoms with Gasteiger partial charge in [0.15, 0.2) is 0 Å². The molecule has 0 aromatic heterocycles. The standard InChI is InChI=1S/C17H27NO/c1-3-11-18(13-15-9-10-15)12-14(2)17(19)16-7-5-4-6-8-16/h4-8,14-15,17,19H,3,9-13H2,1-2H3. The maximum Gasteiger partial charge on any atom is 0.0827 e. The Kier molecular flexibility index (Phi) is 5.41. The van der Waals surface area contributed by atoms with Crippen molar-refractivity contribution in [2.75, 3.05) is 19.6 Å². The molecule has 1 aromatic rings. The quantitative estimate of drug-likeness (QED) is 0.774. The molecule has 2 heteroatoms. The summed E-state index contributed by atoms with van der Waals surface area (Å²) in [5.41, 5.74) is 1.04. The predicted octanol–water partition coefficient (Wildman–Crippen LogP) is 3.48. The number of nitrogens with zero attached hydrogens (tertiary/aromatic N) is 1. The lowest BCUT2D eigenvalue weighted by Crippen LogP contribution is -2.33. The van der Waals surface area contributed by atoms with E-state index in [0.717, 1.165) is 24.6 Å². The van der Waals surface area contributed by atoms with Crippen molar-refractivity contribution in [1.82, 2.24) is 4.90 Å². The highest BCUT2D eigenvalue weighted by Gasteiger charge is 2.26. The Morgan fingerprint density at radius 1 is 1.26 bits per heavy atom. The van der Waals surface area contributed by atoms with Crippen LogP contribution in [-0.4, -0.2) is 29.6 Å². The van der Waals surface area contributed by atoms with Crippen molar-refractivity contribution in [1.29, 1.82) is 0 Å². The largest absolute Gasteiger partial charge is 0.388 e. The fourth-order valence-corrected chi connectivity index (χ4v) is 2.72. The van der Waals surface area contributed by atoms with Gasteiger partial charge >= 0.3 is 0 Å². The molecule has 0 amide bonds. The van der Waals surface area contributed by atoms with Crippen molar-refractivity contribution in [3.05, 3.63) is 35.9 Å². The molecular formula is C17H27NO. The van der Waals surface area contributed by atoms with Gasteiger partial charge < -0.3 is 10.0 Å². The van der Waals surface area contributed by atoms with Crippen LogP contribution in [-0.2, 0) is 0 Å². The molecule has 0 radical (unpaired) electrons. The van der Waals surface area contributed by atoms with Crippen LogP contribution in [0.25, 0.3) is 0 Å². The van der Waals surface area contributed by atoms with Gasteiger partial charge in [-0.3, -0.25) is 0 Å². The van der Waals surface area contributed by atoms with E-state index in [4.69, 9.17) is 0 Å². The summed E-state index contributed by atoms with van der Waals surface area (Å²) in [6.45, 7) is 7.77. The zero-order valence-corrected chi connectivity index (χ0v) is 12.3. The van der Waals surface area contributed by atoms with Crippen LogP contribution in [0.3, 0.4) is 0 Å². The molecule has 1 aliphatic rings. The molecule has 2 nitrogen and oxygen atoms in total. The summed E-state index contributed by atoms with van der Waals surface area (Å²) in [6.07, 6.45) is 3.65. The first kappa shape index (κ1) is 14.5. The van der Waals surface area contributed by atoms with E-state index in [9.17, 15) is 5.11 Å². The second kappa shape index (κ2) is 7.06. The lowest BCUT2D eigenvalue weighted by atomic mass is 9.97. The lowest BCUT2D eigenvalue weighted by Gasteiger charge is -2.28. The molecule has 0 aliphatic heterocycles. The molecular weight excluding hydrogens is 234 g/mol. The molecule has 19 heavy (non-hydrogen) atoms. The van der Waals surface area contributed by atoms with E-state index in [-0.39, 0.29) is 12.0 Å². The zero-order chi connectivity index (χ0) is 13.7. The third-order valence-corrected chi connectivity index (χ3v) is 3.98. The Hall–Kier alpha value is -0.860. The molecule has 1 fully saturated rings. The number of benzene rings is 1. The number of aliphatic hydroxyl groups is 1. The molecule has 2 rings (SSSR count). The normalized spacial score (nSPS) is 18.5. The highest BCUT2D eigenvalue weighted by Crippen LogP contribution is 2.31. The van der Waals surface area contributed by atoms with Crippen LogP contribution in [0.4, 0.5) is 0 Å². The van der Waals surface area contributed by atoms with Gasteiger partial charge in [-0.05, 0) is 43.2 Å². The van der Waals surface area contributed by atoms with Crippen molar-refractivity contribution in [2.45, 2.75) is 39.2 Å². The molecule has 2 unspecified atom stereocenters. The third-order valence-electron chi connectivity index (χ3n) is 3.98. The van der Waals surface area contributed by atoms with Crippen LogP contribution in [0, 0.1) is 11.8 Å². The maximum atomic E-state index is 10.4. The number of rotatable bonds is 8. The smallest absolute Gasteiger partial charge is 0.0827 e. The summed E-state index contributed by atoms with van der Waals surface area (Å²) >= 11 is 0. The minimum absolute atomic E-state index is 0.285. The van der Waals surface area contributed by atoms with E-state index in [0.29, 0.717) is 0 Å². The SMILES string of the molecule is CCCN(CC1CC1)CC(C)C(O)c1ccccc1. The fourth-order valence-electron chi connectivity index (χ4n) is 2.72. The third kappa shape index (κ3) is 4.63. The topological polar surface area (TPSA) is 23.5 Å². The number of aliphatic hydroxyl groups excluding tert-OH is 1. The molecule has 0 bridgehead atoms. The van der Waals surface area contributed by atoms with Crippen LogP contribution in [0.2, 0.25) is 0 Å². The van der Waals surface area contributed by atoms with Crippen LogP contribution in [0.5, 0.6) is 0 Å². The van der Waals surface area contributed by atoms with Gasteiger partial charge in [-0.25, -0.2) is 0 Å². The number of hydrogen-bond acceptors (Lipinski definition) is 2. The van der Waals surface area contributed by atoms with Crippen molar-refractivity contribution < 1.29 is 5.11 Å². The van der Waals surface area contributed by atoms with Crippen molar-refractivity contribution in [3.63, 3.8) is 0 Å². The molecule has 0 heterocycles. The van der Waals surface area contributed by atoms with Crippen molar-refractivity contribution in [3.8, 4) is 0 Å². The molecule has 1 aliphatic carbocycles. The van der Waals surface area contributed by atoms with Gasteiger partial charge in [-0.2, -0.15) is 0 Å². The summed E-state index contributed by atoms with van der Waals surface area (Å²) in [5.74, 6) is 1.21. The second-order valence-corrected chi connectivity index (χ2v) is 6.04. The summed E-state index contributed by atoms with van der Waals surface area (Å²) < 4.78 is 0. The first-order valence-electron chi connectivity index (χ1n) is 7.66. The van der Waals surface area contributed by atoms with Gasteiger partial charge in [-0.15, -0.1) is 0 Å². The Bertz CT molecular complexity index is 361. The fraction of sp³-hybridized carbons (Fsp3) is 0.647. The zero-order valence-electron chi connectivity index (χ0n) is 12.3. The minimum Gasteiger partial charge on any atom is -0.388 e. The molecule has 2 atom stereocenters. The summed E-state index contributed by atoms with van der Waals surface area (Å²) in [6, 6.07) is 10.0. The van der Waals surface area contributed by atoms with E-state index in [1.165, 1.54) is 25.8 Å². The monoisotopic (exact) mass is 261 g/mol. The molecule has 1 aromatic carbocycles. The Morgan fingerprint density at radius 3 is 2.53 bits per heavy atom. The van der Waals surface area contributed by atoms with Gasteiger partial charge in [0.25, 0.3) is 0 Å². The first-order chi connectivity index (χ1) is 9.20. The second-order valence-electron chi connectivity index (χ2n) is 6.04. The maximum absolute atomic E-state index is 10.4. The van der Waals surface area contributed by atoms with Gasteiger partial charge in [0.2, 0.25) is 0 Å². The highest BCUT2D eigenvalue weighted by molar-refractivity contribution is 5.17.